The third-order valence-electron chi connectivity index (χ3n) is 10.9. The molecular formula is C60H52N6. The summed E-state index contributed by atoms with van der Waals surface area (Å²) < 4.78 is 0. The first-order valence-electron chi connectivity index (χ1n) is 22.2. The topological polar surface area (TPSA) is 48.4 Å². The largest absolute Gasteiger partial charge is 0.338 e. The summed E-state index contributed by atoms with van der Waals surface area (Å²) in [7, 11) is 0. The summed E-state index contributed by atoms with van der Waals surface area (Å²) >= 11 is 0. The Labute approximate surface area is 389 Å². The van der Waals surface area contributed by atoms with Crippen molar-refractivity contribution in [3.63, 3.8) is 0 Å². The highest BCUT2D eigenvalue weighted by molar-refractivity contribution is 5.80. The van der Waals surface area contributed by atoms with E-state index in [-0.39, 0.29) is 0 Å². The third kappa shape index (κ3) is 10.6. The molecule has 0 aliphatic carbocycles. The van der Waals surface area contributed by atoms with Gasteiger partial charge in [0.15, 0.2) is 17.5 Å². The van der Waals surface area contributed by atoms with E-state index in [0.29, 0.717) is 24.0 Å². The molecule has 0 fully saturated rings. The summed E-state index contributed by atoms with van der Waals surface area (Å²) in [4.78, 5) is 22.4. The zero-order valence-corrected chi connectivity index (χ0v) is 37.2. The van der Waals surface area contributed by atoms with Gasteiger partial charge in [0.25, 0.3) is 0 Å². The average Bonchev–Trinajstić information content (AvgIpc) is 3.40. The fourth-order valence-corrected chi connectivity index (χ4v) is 7.80. The van der Waals surface area contributed by atoms with Crippen molar-refractivity contribution >= 4 is 51.1 Å². The predicted molar refractivity (Wildman–Crippen MR) is 279 cm³/mol. The Morgan fingerprint density at radius 1 is 0.394 bits per heavy atom. The Hall–Kier alpha value is -8.61. The van der Waals surface area contributed by atoms with E-state index >= 15 is 0 Å². The van der Waals surface area contributed by atoms with E-state index in [4.69, 9.17) is 15.0 Å². The molecule has 0 aliphatic heterocycles. The number of rotatable bonds is 15. The van der Waals surface area contributed by atoms with Gasteiger partial charge in [0.2, 0.25) is 0 Å². The Morgan fingerprint density at radius 3 is 1.02 bits per heavy atom. The van der Waals surface area contributed by atoms with Crippen LogP contribution in [-0.2, 0) is 0 Å². The standard InChI is InChI=1S/C58H48N6.C2H4/c1-2-22-45(23-21-44-62(48-24-9-3-10-25-48)49-26-11-4-12-27-49)56-59-57(46-36-40-54(41-37-46)63(50-28-13-5-14-29-50)51-30-15-6-16-31-51)61-58(60-56)47-38-42-55(43-39-47)64(52-32-17-7-18-33-52)53-34-19-8-20-35-53;1-2/h3-43H,2,44H2,1H3;1-2H2/b23-21-,45-22+;. The zero-order valence-electron chi connectivity index (χ0n) is 37.2. The van der Waals surface area contributed by atoms with Crippen LogP contribution >= 0.6 is 0 Å². The van der Waals surface area contributed by atoms with Crippen molar-refractivity contribution in [3.05, 3.63) is 268 Å². The lowest BCUT2D eigenvalue weighted by Gasteiger charge is -2.25. The van der Waals surface area contributed by atoms with E-state index in [1.807, 2.05) is 36.4 Å². The first kappa shape index (κ1) is 44.0. The molecule has 0 atom stereocenters. The fraction of sp³-hybridized carbons (Fsp3) is 0.0500. The monoisotopic (exact) mass is 856 g/mol. The van der Waals surface area contributed by atoms with Gasteiger partial charge in [0.05, 0.1) is 0 Å². The van der Waals surface area contributed by atoms with Crippen LogP contribution < -0.4 is 14.7 Å². The first-order valence-corrected chi connectivity index (χ1v) is 22.2. The number of hydrogen-bond acceptors (Lipinski definition) is 6. The number of allylic oxidation sites excluding steroid dienone is 3. The lowest BCUT2D eigenvalue weighted by atomic mass is 10.1. The van der Waals surface area contributed by atoms with Crippen LogP contribution in [0.2, 0.25) is 0 Å². The third-order valence-corrected chi connectivity index (χ3v) is 10.9. The summed E-state index contributed by atoms with van der Waals surface area (Å²) in [5.74, 6) is 1.81. The van der Waals surface area contributed by atoms with Gasteiger partial charge in [0, 0.05) is 68.7 Å². The molecule has 0 amide bonds. The Bertz CT molecular complexity index is 2660. The number of para-hydroxylation sites is 6. The molecule has 1 heterocycles. The number of anilines is 8. The summed E-state index contributed by atoms with van der Waals surface area (Å²) in [5.41, 5.74) is 11.3. The lowest BCUT2D eigenvalue weighted by molar-refractivity contribution is 1.03. The first-order chi connectivity index (χ1) is 32.7. The van der Waals surface area contributed by atoms with Crippen molar-refractivity contribution in [3.8, 4) is 22.8 Å². The van der Waals surface area contributed by atoms with Crippen molar-refractivity contribution in [2.45, 2.75) is 13.3 Å². The molecule has 0 N–H and O–H groups in total. The minimum atomic E-state index is 0.599. The van der Waals surface area contributed by atoms with Crippen LogP contribution in [0.15, 0.2) is 262 Å². The number of benzene rings is 8. The quantitative estimate of drug-likeness (QED) is 0.0756. The predicted octanol–water partition coefficient (Wildman–Crippen LogP) is 16.1. The van der Waals surface area contributed by atoms with E-state index in [2.05, 4.69) is 247 Å². The summed E-state index contributed by atoms with van der Waals surface area (Å²) in [6.45, 7) is 8.80. The maximum Gasteiger partial charge on any atom is 0.164 e. The molecule has 0 radical (unpaired) electrons. The molecule has 322 valence electrons. The zero-order chi connectivity index (χ0) is 45.3. The molecule has 0 unspecified atom stereocenters. The van der Waals surface area contributed by atoms with Crippen molar-refractivity contribution < 1.29 is 0 Å². The van der Waals surface area contributed by atoms with Gasteiger partial charge < -0.3 is 14.7 Å². The smallest absolute Gasteiger partial charge is 0.164 e. The van der Waals surface area contributed by atoms with Gasteiger partial charge in [-0.1, -0.05) is 134 Å². The summed E-state index contributed by atoms with van der Waals surface area (Å²) in [6, 6.07) is 79.7. The highest BCUT2D eigenvalue weighted by atomic mass is 15.2. The van der Waals surface area contributed by atoms with Crippen LogP contribution in [0.3, 0.4) is 0 Å². The minimum Gasteiger partial charge on any atom is -0.338 e. The molecule has 0 spiro atoms. The second-order valence-corrected chi connectivity index (χ2v) is 15.2. The Morgan fingerprint density at radius 2 is 0.697 bits per heavy atom. The van der Waals surface area contributed by atoms with E-state index < -0.39 is 0 Å². The maximum absolute atomic E-state index is 5.20. The molecule has 0 aliphatic rings. The van der Waals surface area contributed by atoms with Gasteiger partial charge >= 0.3 is 0 Å². The van der Waals surface area contributed by atoms with Crippen LogP contribution in [0, 0.1) is 0 Å². The van der Waals surface area contributed by atoms with Crippen LogP contribution in [0.1, 0.15) is 19.2 Å². The Kier molecular flexibility index (Phi) is 14.8. The molecule has 1 aromatic heterocycles. The van der Waals surface area contributed by atoms with Crippen molar-refractivity contribution in [1.82, 2.24) is 15.0 Å². The molecule has 8 aromatic carbocycles. The minimum absolute atomic E-state index is 0.599. The molecule has 9 aromatic rings. The molecule has 9 rings (SSSR count). The van der Waals surface area contributed by atoms with Crippen molar-refractivity contribution in [2.24, 2.45) is 0 Å². The van der Waals surface area contributed by atoms with E-state index in [1.165, 1.54) is 0 Å². The SMILES string of the molecule is C=C.CC/C=C(\C=C/CN(c1ccccc1)c1ccccc1)c1nc(-c2ccc(N(c3ccccc3)c3ccccc3)cc2)nc(-c2ccc(N(c3ccccc3)c3ccccc3)cc2)n1. The average molecular weight is 857 g/mol. The summed E-state index contributed by atoms with van der Waals surface area (Å²) in [6.07, 6.45) is 7.34. The highest BCUT2D eigenvalue weighted by Crippen LogP contribution is 2.37. The normalized spacial score (nSPS) is 11.1. The lowest BCUT2D eigenvalue weighted by Crippen LogP contribution is -2.16. The van der Waals surface area contributed by atoms with Gasteiger partial charge in [-0.05, 0) is 128 Å². The van der Waals surface area contributed by atoms with Crippen molar-refractivity contribution in [1.29, 1.82) is 0 Å². The molecule has 6 nitrogen and oxygen atoms in total. The van der Waals surface area contributed by atoms with Crippen LogP contribution in [-0.4, -0.2) is 21.5 Å². The number of nitrogens with zero attached hydrogens (tertiary/aromatic N) is 6. The fourth-order valence-electron chi connectivity index (χ4n) is 7.80. The van der Waals surface area contributed by atoms with Crippen molar-refractivity contribution in [2.75, 3.05) is 21.2 Å². The maximum atomic E-state index is 5.20. The second-order valence-electron chi connectivity index (χ2n) is 15.2. The van der Waals surface area contributed by atoms with Crippen LogP contribution in [0.4, 0.5) is 45.5 Å². The van der Waals surface area contributed by atoms with Gasteiger partial charge in [-0.25, -0.2) is 15.0 Å². The van der Waals surface area contributed by atoms with Gasteiger partial charge in [0.1, 0.15) is 0 Å². The second kappa shape index (κ2) is 22.1. The Balaban J connectivity index is 0.00000292. The molecular weight excluding hydrogens is 805 g/mol. The van der Waals surface area contributed by atoms with Gasteiger partial charge in [-0.2, -0.15) is 0 Å². The van der Waals surface area contributed by atoms with E-state index in [1.54, 1.807) is 0 Å². The van der Waals surface area contributed by atoms with E-state index in [9.17, 15) is 0 Å². The molecule has 0 saturated carbocycles. The number of hydrogen-bond donors (Lipinski definition) is 0. The molecule has 0 bridgehead atoms. The highest BCUT2D eigenvalue weighted by Gasteiger charge is 2.17. The molecule has 0 saturated heterocycles. The van der Waals surface area contributed by atoms with Gasteiger partial charge in [-0.3, -0.25) is 0 Å². The van der Waals surface area contributed by atoms with Crippen LogP contribution in [0.5, 0.6) is 0 Å². The summed E-state index contributed by atoms with van der Waals surface area (Å²) in [5, 5.41) is 0. The van der Waals surface area contributed by atoms with Gasteiger partial charge in [-0.15, -0.1) is 13.2 Å². The van der Waals surface area contributed by atoms with Crippen LogP contribution in [0.25, 0.3) is 28.3 Å². The molecule has 6 heteroatoms. The molecule has 66 heavy (non-hydrogen) atoms. The number of aromatic nitrogens is 3. The van der Waals surface area contributed by atoms with E-state index in [0.717, 1.165) is 68.6 Å².